The quantitative estimate of drug-likeness (QED) is 0.377. The molecule has 0 radical (unpaired) electrons. The van der Waals surface area contributed by atoms with E-state index in [1.807, 2.05) is 18.2 Å². The third kappa shape index (κ3) is 5.81. The second kappa shape index (κ2) is 9.72. The van der Waals surface area contributed by atoms with Gasteiger partial charge in [-0.1, -0.05) is 30.3 Å². The Hall–Kier alpha value is -1.36. The van der Waals surface area contributed by atoms with Gasteiger partial charge in [-0.2, -0.15) is 13.2 Å². The normalized spacial score (nSPS) is 17.7. The zero-order valence-electron chi connectivity index (χ0n) is 14.9. The minimum absolute atomic E-state index is 0. The number of likely N-dealkylation sites (tertiary alicyclic amines) is 1. The predicted molar refractivity (Wildman–Crippen MR) is 113 cm³/mol. The van der Waals surface area contributed by atoms with Crippen molar-refractivity contribution in [2.45, 2.75) is 24.9 Å². The van der Waals surface area contributed by atoms with Crippen molar-refractivity contribution < 1.29 is 13.2 Å². The van der Waals surface area contributed by atoms with Crippen LogP contribution in [-0.4, -0.2) is 42.5 Å². The molecule has 1 aliphatic rings. The van der Waals surface area contributed by atoms with Gasteiger partial charge in [0, 0.05) is 44.4 Å². The number of aromatic nitrogens is 1. The molecule has 0 bridgehead atoms. The predicted octanol–water partition coefficient (Wildman–Crippen LogP) is 4.39. The van der Waals surface area contributed by atoms with E-state index in [4.69, 9.17) is 0 Å². The number of nitrogens with one attached hydrogen (secondary N) is 1. The molecule has 3 rings (SSSR count). The third-order valence-electron chi connectivity index (χ3n) is 4.43. The standard InChI is InChI=1S/C18H21F3N4S.HI/c1-22-17(23-9-7-16-24-15(12-26-16)18(19,20)21)25-10-8-14(11-25)13-5-3-2-4-6-13;/h2-6,12,14H,7-11H2,1H3,(H,22,23);1H. The Kier molecular flexibility index (Phi) is 7.90. The van der Waals surface area contributed by atoms with Crippen LogP contribution in [0.25, 0.3) is 0 Å². The number of halogens is 4. The van der Waals surface area contributed by atoms with Crippen molar-refractivity contribution in [1.82, 2.24) is 15.2 Å². The summed E-state index contributed by atoms with van der Waals surface area (Å²) in [4.78, 5) is 10.2. The zero-order chi connectivity index (χ0) is 18.6. The van der Waals surface area contributed by atoms with Crippen molar-refractivity contribution in [2.75, 3.05) is 26.7 Å². The smallest absolute Gasteiger partial charge is 0.356 e. The van der Waals surface area contributed by atoms with Crippen molar-refractivity contribution in [2.24, 2.45) is 4.99 Å². The lowest BCUT2D eigenvalue weighted by Gasteiger charge is -2.21. The highest BCUT2D eigenvalue weighted by Crippen LogP contribution is 2.30. The average molecular weight is 510 g/mol. The summed E-state index contributed by atoms with van der Waals surface area (Å²) in [6.45, 7) is 2.30. The summed E-state index contributed by atoms with van der Waals surface area (Å²) in [6, 6.07) is 10.4. The van der Waals surface area contributed by atoms with Crippen LogP contribution in [0, 0.1) is 0 Å². The molecular formula is C18H22F3IN4S. The fraction of sp³-hybridized carbons (Fsp3) is 0.444. The molecule has 1 N–H and O–H groups in total. The van der Waals surface area contributed by atoms with Crippen LogP contribution in [0.1, 0.15) is 28.6 Å². The maximum Gasteiger partial charge on any atom is 0.434 e. The summed E-state index contributed by atoms with van der Waals surface area (Å²) in [5.74, 6) is 1.26. The topological polar surface area (TPSA) is 40.5 Å². The molecule has 0 saturated carbocycles. The first kappa shape index (κ1) is 21.9. The highest BCUT2D eigenvalue weighted by Gasteiger charge is 2.33. The number of hydrogen-bond donors (Lipinski definition) is 1. The number of benzene rings is 1. The molecule has 1 atom stereocenters. The van der Waals surface area contributed by atoms with Gasteiger partial charge in [-0.15, -0.1) is 35.3 Å². The van der Waals surface area contributed by atoms with Gasteiger partial charge in [0.1, 0.15) is 0 Å². The molecule has 0 amide bonds. The van der Waals surface area contributed by atoms with E-state index in [2.05, 4.69) is 32.3 Å². The van der Waals surface area contributed by atoms with Crippen molar-refractivity contribution >= 4 is 41.3 Å². The van der Waals surface area contributed by atoms with Gasteiger partial charge < -0.3 is 10.2 Å². The summed E-state index contributed by atoms with van der Waals surface area (Å²) in [7, 11) is 1.73. The van der Waals surface area contributed by atoms with Crippen LogP contribution in [0.4, 0.5) is 13.2 Å². The van der Waals surface area contributed by atoms with Crippen LogP contribution >= 0.6 is 35.3 Å². The first-order valence-corrected chi connectivity index (χ1v) is 9.37. The number of alkyl halides is 3. The molecule has 2 aromatic rings. The van der Waals surface area contributed by atoms with E-state index in [0.29, 0.717) is 23.9 Å². The van der Waals surface area contributed by atoms with Gasteiger partial charge in [-0.05, 0) is 12.0 Å². The third-order valence-corrected chi connectivity index (χ3v) is 5.34. The number of rotatable bonds is 4. The van der Waals surface area contributed by atoms with Crippen LogP contribution in [-0.2, 0) is 12.6 Å². The maximum atomic E-state index is 12.6. The lowest BCUT2D eigenvalue weighted by atomic mass is 9.99. The lowest BCUT2D eigenvalue weighted by Crippen LogP contribution is -2.40. The summed E-state index contributed by atoms with van der Waals surface area (Å²) in [5.41, 5.74) is 0.514. The summed E-state index contributed by atoms with van der Waals surface area (Å²) in [6.07, 6.45) is -2.87. The first-order chi connectivity index (χ1) is 12.5. The van der Waals surface area contributed by atoms with Crippen LogP contribution < -0.4 is 5.32 Å². The van der Waals surface area contributed by atoms with Gasteiger partial charge >= 0.3 is 6.18 Å². The Bertz CT molecular complexity index is 749. The monoisotopic (exact) mass is 510 g/mol. The van der Waals surface area contributed by atoms with Crippen molar-refractivity contribution in [1.29, 1.82) is 0 Å². The van der Waals surface area contributed by atoms with E-state index in [0.717, 1.165) is 42.2 Å². The van der Waals surface area contributed by atoms with E-state index < -0.39 is 11.9 Å². The molecule has 9 heteroatoms. The average Bonchev–Trinajstić information content (AvgIpc) is 3.29. The summed E-state index contributed by atoms with van der Waals surface area (Å²) in [5, 5.41) is 4.78. The van der Waals surface area contributed by atoms with Crippen molar-refractivity contribution in [3.63, 3.8) is 0 Å². The molecule has 1 saturated heterocycles. The van der Waals surface area contributed by atoms with E-state index in [1.54, 1.807) is 7.05 Å². The Morgan fingerprint density at radius 3 is 2.70 bits per heavy atom. The molecule has 1 aliphatic heterocycles. The maximum absolute atomic E-state index is 12.6. The second-order valence-electron chi connectivity index (χ2n) is 6.19. The molecule has 1 aromatic carbocycles. The second-order valence-corrected chi connectivity index (χ2v) is 7.13. The van der Waals surface area contributed by atoms with Crippen LogP contribution in [0.15, 0.2) is 40.7 Å². The lowest BCUT2D eigenvalue weighted by molar-refractivity contribution is -0.140. The number of nitrogens with zero attached hydrogens (tertiary/aromatic N) is 3. The fourth-order valence-electron chi connectivity index (χ4n) is 3.12. The number of aliphatic imine (C=N–C) groups is 1. The molecule has 4 nitrogen and oxygen atoms in total. The van der Waals surface area contributed by atoms with E-state index in [-0.39, 0.29) is 24.0 Å². The highest BCUT2D eigenvalue weighted by atomic mass is 127. The molecular weight excluding hydrogens is 488 g/mol. The number of hydrogen-bond acceptors (Lipinski definition) is 3. The van der Waals surface area contributed by atoms with Crippen LogP contribution in [0.5, 0.6) is 0 Å². The van der Waals surface area contributed by atoms with Gasteiger partial charge in [0.05, 0.1) is 5.01 Å². The number of thiazole rings is 1. The molecule has 2 heterocycles. The summed E-state index contributed by atoms with van der Waals surface area (Å²) < 4.78 is 37.8. The zero-order valence-corrected chi connectivity index (χ0v) is 18.0. The van der Waals surface area contributed by atoms with Gasteiger partial charge in [-0.25, -0.2) is 4.98 Å². The van der Waals surface area contributed by atoms with Gasteiger partial charge in [0.15, 0.2) is 11.7 Å². The van der Waals surface area contributed by atoms with Crippen LogP contribution in [0.2, 0.25) is 0 Å². The van der Waals surface area contributed by atoms with Crippen molar-refractivity contribution in [3.05, 3.63) is 52.0 Å². The van der Waals surface area contributed by atoms with E-state index >= 15 is 0 Å². The molecule has 1 fully saturated rings. The van der Waals surface area contributed by atoms with E-state index in [9.17, 15) is 13.2 Å². The largest absolute Gasteiger partial charge is 0.434 e. The minimum Gasteiger partial charge on any atom is -0.356 e. The number of guanidine groups is 1. The van der Waals surface area contributed by atoms with Gasteiger partial charge in [0.25, 0.3) is 0 Å². The van der Waals surface area contributed by atoms with Gasteiger partial charge in [-0.3, -0.25) is 4.99 Å². The highest BCUT2D eigenvalue weighted by molar-refractivity contribution is 14.0. The first-order valence-electron chi connectivity index (χ1n) is 8.49. The molecule has 1 unspecified atom stereocenters. The van der Waals surface area contributed by atoms with Crippen LogP contribution in [0.3, 0.4) is 0 Å². The summed E-state index contributed by atoms with van der Waals surface area (Å²) >= 11 is 1.04. The fourth-order valence-corrected chi connectivity index (χ4v) is 3.92. The molecule has 0 aliphatic carbocycles. The Labute approximate surface area is 177 Å². The SMILES string of the molecule is CN=C(NCCc1nc(C(F)(F)F)cs1)N1CCC(c2ccccc2)C1.I. The Balaban J connectivity index is 0.00000261. The van der Waals surface area contributed by atoms with E-state index in [1.165, 1.54) is 5.56 Å². The molecule has 27 heavy (non-hydrogen) atoms. The molecule has 1 aromatic heterocycles. The molecule has 148 valence electrons. The minimum atomic E-state index is -4.37. The van der Waals surface area contributed by atoms with Crippen molar-refractivity contribution in [3.8, 4) is 0 Å². The molecule has 0 spiro atoms. The Morgan fingerprint density at radius 2 is 2.07 bits per heavy atom. The van der Waals surface area contributed by atoms with Gasteiger partial charge in [0.2, 0.25) is 0 Å². The Morgan fingerprint density at radius 1 is 1.33 bits per heavy atom.